The Morgan fingerprint density at radius 3 is 2.68 bits per heavy atom. The van der Waals surface area contributed by atoms with Crippen LogP contribution < -0.4 is 5.56 Å². The van der Waals surface area contributed by atoms with E-state index in [2.05, 4.69) is 37.0 Å². The minimum Gasteiger partial charge on any atom is -0.334 e. The van der Waals surface area contributed by atoms with Crippen molar-refractivity contribution in [3.63, 3.8) is 0 Å². The Bertz CT molecular complexity index is 878. The Morgan fingerprint density at radius 2 is 1.96 bits per heavy atom. The first-order valence-corrected chi connectivity index (χ1v) is 9.16. The molecular weight excluding hydrogens is 312 g/mol. The van der Waals surface area contributed by atoms with E-state index in [4.69, 9.17) is 0 Å². The predicted octanol–water partition coefficient (Wildman–Crippen LogP) is 3.57. The first-order valence-electron chi connectivity index (χ1n) is 9.16. The summed E-state index contributed by atoms with van der Waals surface area (Å²) < 4.78 is 0. The van der Waals surface area contributed by atoms with E-state index in [0.717, 1.165) is 25.0 Å². The van der Waals surface area contributed by atoms with Gasteiger partial charge >= 0.3 is 0 Å². The summed E-state index contributed by atoms with van der Waals surface area (Å²) in [4.78, 5) is 29.6. The highest BCUT2D eigenvalue weighted by Crippen LogP contribution is 2.38. The highest BCUT2D eigenvalue weighted by atomic mass is 16.2. The highest BCUT2D eigenvalue weighted by molar-refractivity contribution is 5.94. The van der Waals surface area contributed by atoms with Gasteiger partial charge in [0.2, 0.25) is 5.56 Å². The lowest BCUT2D eigenvalue weighted by Gasteiger charge is -2.29. The number of pyridine rings is 1. The van der Waals surface area contributed by atoms with Crippen LogP contribution in [0.2, 0.25) is 0 Å². The van der Waals surface area contributed by atoms with E-state index in [0.29, 0.717) is 30.5 Å². The first-order chi connectivity index (χ1) is 12.0. The van der Waals surface area contributed by atoms with E-state index >= 15 is 0 Å². The average Bonchev–Trinajstić information content (AvgIpc) is 3.44. The van der Waals surface area contributed by atoms with Gasteiger partial charge in [0.25, 0.3) is 5.91 Å². The highest BCUT2D eigenvalue weighted by Gasteiger charge is 2.27. The van der Waals surface area contributed by atoms with Crippen LogP contribution in [0.1, 0.15) is 71.3 Å². The van der Waals surface area contributed by atoms with Crippen LogP contribution in [0.25, 0.3) is 0 Å². The van der Waals surface area contributed by atoms with Crippen molar-refractivity contribution in [3.05, 3.63) is 68.6 Å². The molecule has 0 saturated heterocycles. The fraction of sp³-hybridized carbons (Fsp3) is 0.429. The summed E-state index contributed by atoms with van der Waals surface area (Å²) in [7, 11) is 0. The number of carbonyl (C=O) groups is 1. The van der Waals surface area contributed by atoms with Crippen molar-refractivity contribution in [1.29, 1.82) is 0 Å². The van der Waals surface area contributed by atoms with Gasteiger partial charge in [0, 0.05) is 30.4 Å². The number of H-pyrrole nitrogens is 1. The van der Waals surface area contributed by atoms with Crippen molar-refractivity contribution in [3.8, 4) is 0 Å². The van der Waals surface area contributed by atoms with Crippen molar-refractivity contribution in [2.24, 2.45) is 0 Å². The summed E-state index contributed by atoms with van der Waals surface area (Å²) in [6.45, 7) is 5.70. The third kappa shape index (κ3) is 3.26. The molecule has 130 valence electrons. The number of fused-ring (bicyclic) bond motifs is 1. The number of carbonyl (C=O) groups excluding carboxylic acids is 1. The number of benzene rings is 1. The molecule has 2 aliphatic rings. The topological polar surface area (TPSA) is 53.2 Å². The molecule has 2 aromatic rings. The van der Waals surface area contributed by atoms with Crippen LogP contribution in [-0.2, 0) is 13.0 Å². The van der Waals surface area contributed by atoms with E-state index in [1.54, 1.807) is 0 Å². The van der Waals surface area contributed by atoms with Gasteiger partial charge in [-0.2, -0.15) is 0 Å². The smallest absolute Gasteiger partial charge is 0.254 e. The van der Waals surface area contributed by atoms with Gasteiger partial charge in [0.15, 0.2) is 0 Å². The quantitative estimate of drug-likeness (QED) is 0.931. The van der Waals surface area contributed by atoms with E-state index < -0.39 is 0 Å². The first kappa shape index (κ1) is 16.1. The average molecular weight is 336 g/mol. The monoisotopic (exact) mass is 336 g/mol. The molecule has 4 rings (SSSR count). The van der Waals surface area contributed by atoms with Crippen LogP contribution in [0, 0.1) is 0 Å². The molecule has 1 fully saturated rings. The molecule has 0 bridgehead atoms. The predicted molar refractivity (Wildman–Crippen MR) is 98.0 cm³/mol. The van der Waals surface area contributed by atoms with Crippen molar-refractivity contribution in [1.82, 2.24) is 9.88 Å². The van der Waals surface area contributed by atoms with Gasteiger partial charge < -0.3 is 9.88 Å². The van der Waals surface area contributed by atoms with E-state index in [1.165, 1.54) is 22.8 Å². The molecule has 4 heteroatoms. The van der Waals surface area contributed by atoms with Crippen LogP contribution in [0.3, 0.4) is 0 Å². The van der Waals surface area contributed by atoms with Crippen LogP contribution in [0.5, 0.6) is 0 Å². The van der Waals surface area contributed by atoms with Crippen molar-refractivity contribution in [2.45, 2.75) is 51.5 Å². The maximum absolute atomic E-state index is 12.9. The lowest BCUT2D eigenvalue weighted by atomic mass is 9.93. The molecule has 0 radical (unpaired) electrons. The number of rotatable bonds is 3. The molecular formula is C21H24N2O2. The Morgan fingerprint density at radius 1 is 1.16 bits per heavy atom. The third-order valence-electron chi connectivity index (χ3n) is 5.33. The second-order valence-corrected chi connectivity index (χ2v) is 7.62. The van der Waals surface area contributed by atoms with Crippen LogP contribution >= 0.6 is 0 Å². The van der Waals surface area contributed by atoms with Crippen LogP contribution in [0.15, 0.2) is 35.1 Å². The molecule has 1 saturated carbocycles. The zero-order valence-corrected chi connectivity index (χ0v) is 14.8. The number of amides is 1. The largest absolute Gasteiger partial charge is 0.334 e. The van der Waals surface area contributed by atoms with Crippen LogP contribution in [0.4, 0.5) is 0 Å². The molecule has 2 heterocycles. The van der Waals surface area contributed by atoms with E-state index in [-0.39, 0.29) is 11.5 Å². The number of hydrogen-bond acceptors (Lipinski definition) is 2. The zero-order chi connectivity index (χ0) is 17.6. The molecule has 25 heavy (non-hydrogen) atoms. The zero-order valence-electron chi connectivity index (χ0n) is 14.8. The van der Waals surface area contributed by atoms with E-state index in [1.807, 2.05) is 11.0 Å². The molecule has 1 N–H and O–H groups in total. The Labute approximate surface area is 147 Å². The molecule has 1 aromatic heterocycles. The Kier molecular flexibility index (Phi) is 3.98. The minimum atomic E-state index is -0.174. The number of nitrogens with zero attached hydrogens (tertiary/aromatic N) is 1. The Hall–Kier alpha value is -2.36. The van der Waals surface area contributed by atoms with Gasteiger partial charge in [0.05, 0.1) is 0 Å². The number of aromatic amines is 1. The molecule has 1 amide bonds. The lowest BCUT2D eigenvalue weighted by molar-refractivity contribution is 0.0734. The van der Waals surface area contributed by atoms with E-state index in [9.17, 15) is 9.59 Å². The molecule has 1 aliphatic heterocycles. The number of hydrogen-bond donors (Lipinski definition) is 1. The van der Waals surface area contributed by atoms with Crippen molar-refractivity contribution in [2.75, 3.05) is 6.54 Å². The SMILES string of the molecule is CC(C)c1ccc2c(c1)CN(C(=O)c1cc(C3CC3)[nH]c(=O)c1)CC2. The summed E-state index contributed by atoms with van der Waals surface area (Å²) in [6.07, 6.45) is 3.07. The summed E-state index contributed by atoms with van der Waals surface area (Å²) in [6, 6.07) is 9.94. The summed E-state index contributed by atoms with van der Waals surface area (Å²) in [5.41, 5.74) is 5.13. The molecule has 0 atom stereocenters. The van der Waals surface area contributed by atoms with Gasteiger partial charge in [-0.05, 0) is 53.9 Å². The second-order valence-electron chi connectivity index (χ2n) is 7.62. The Balaban J connectivity index is 1.60. The molecule has 1 aliphatic carbocycles. The van der Waals surface area contributed by atoms with Crippen molar-refractivity contribution < 1.29 is 4.79 Å². The molecule has 1 aromatic carbocycles. The van der Waals surface area contributed by atoms with Crippen LogP contribution in [-0.4, -0.2) is 22.3 Å². The van der Waals surface area contributed by atoms with Gasteiger partial charge in [-0.1, -0.05) is 32.0 Å². The van der Waals surface area contributed by atoms with Gasteiger partial charge in [-0.3, -0.25) is 9.59 Å². The molecule has 0 unspecified atom stereocenters. The third-order valence-corrected chi connectivity index (χ3v) is 5.33. The fourth-order valence-corrected chi connectivity index (χ4v) is 3.59. The van der Waals surface area contributed by atoms with Gasteiger partial charge in [0.1, 0.15) is 0 Å². The summed E-state index contributed by atoms with van der Waals surface area (Å²) in [5, 5.41) is 0. The normalized spacial score (nSPS) is 16.8. The molecule has 0 spiro atoms. The second kappa shape index (κ2) is 6.17. The van der Waals surface area contributed by atoms with Gasteiger partial charge in [-0.25, -0.2) is 0 Å². The fourth-order valence-electron chi connectivity index (χ4n) is 3.59. The minimum absolute atomic E-state index is 0.0337. The van der Waals surface area contributed by atoms with Crippen molar-refractivity contribution >= 4 is 5.91 Å². The maximum Gasteiger partial charge on any atom is 0.254 e. The maximum atomic E-state index is 12.9. The number of nitrogens with one attached hydrogen (secondary N) is 1. The molecule has 4 nitrogen and oxygen atoms in total. The number of aromatic nitrogens is 1. The summed E-state index contributed by atoms with van der Waals surface area (Å²) >= 11 is 0. The standard InChI is InChI=1S/C21H24N2O2/c1-13(2)16-6-3-14-7-8-23(12-18(14)9-16)21(25)17-10-19(15-4-5-15)22-20(24)11-17/h3,6,9-11,13,15H,4-5,7-8,12H2,1-2H3,(H,22,24). The van der Waals surface area contributed by atoms with Gasteiger partial charge in [-0.15, -0.1) is 0 Å². The summed E-state index contributed by atoms with van der Waals surface area (Å²) in [5.74, 6) is 0.870. The lowest BCUT2D eigenvalue weighted by Crippen LogP contribution is -2.36.